The lowest BCUT2D eigenvalue weighted by Gasteiger charge is -2.04. The van der Waals surface area contributed by atoms with Gasteiger partial charge in [0.15, 0.2) is 17.5 Å². The Morgan fingerprint density at radius 2 is 1.53 bits per heavy atom. The van der Waals surface area contributed by atoms with Crippen LogP contribution in [0.4, 0.5) is 13.2 Å². The summed E-state index contributed by atoms with van der Waals surface area (Å²) >= 11 is 0. The first-order valence-electron chi connectivity index (χ1n) is 4.82. The molecule has 2 aromatic carbocycles. The van der Waals surface area contributed by atoms with Crippen molar-refractivity contribution in [2.45, 2.75) is 0 Å². The van der Waals surface area contributed by atoms with Gasteiger partial charge >= 0.3 is 0 Å². The summed E-state index contributed by atoms with van der Waals surface area (Å²) in [7, 11) is 0. The van der Waals surface area contributed by atoms with Crippen molar-refractivity contribution in [3.05, 3.63) is 59.4 Å². The molecule has 0 bridgehead atoms. The van der Waals surface area contributed by atoms with E-state index in [4.69, 9.17) is 0 Å². The molecule has 0 aliphatic rings. The van der Waals surface area contributed by atoms with Gasteiger partial charge in [0.25, 0.3) is 0 Å². The van der Waals surface area contributed by atoms with Crippen LogP contribution in [0.3, 0.4) is 0 Å². The van der Waals surface area contributed by atoms with Gasteiger partial charge in [-0.1, -0.05) is 18.2 Å². The number of halogens is 3. The van der Waals surface area contributed by atoms with Crippen molar-refractivity contribution >= 4 is 6.29 Å². The minimum Gasteiger partial charge on any atom is -0.298 e. The summed E-state index contributed by atoms with van der Waals surface area (Å²) in [5, 5.41) is 0. The minimum absolute atomic E-state index is 0.185. The lowest BCUT2D eigenvalue weighted by molar-refractivity contribution is 0.112. The number of aldehydes is 1. The first-order valence-corrected chi connectivity index (χ1v) is 4.82. The van der Waals surface area contributed by atoms with E-state index in [0.29, 0.717) is 17.4 Å². The Kier molecular flexibility index (Phi) is 2.95. The van der Waals surface area contributed by atoms with Gasteiger partial charge in [0, 0.05) is 5.56 Å². The Balaban J connectivity index is 2.56. The van der Waals surface area contributed by atoms with Gasteiger partial charge < -0.3 is 0 Å². The smallest absolute Gasteiger partial charge is 0.194 e. The average Bonchev–Trinajstić information content (AvgIpc) is 2.35. The molecule has 0 spiro atoms. The molecule has 0 aliphatic carbocycles. The SMILES string of the molecule is O=Cc1cccc(-c2cc(F)c(F)c(F)c2)c1. The van der Waals surface area contributed by atoms with E-state index in [1.807, 2.05) is 0 Å². The molecular formula is C13H7F3O. The number of benzene rings is 2. The molecule has 0 saturated heterocycles. The van der Waals surface area contributed by atoms with Crippen LogP contribution < -0.4 is 0 Å². The zero-order chi connectivity index (χ0) is 12.4. The Bertz CT molecular complexity index is 556. The molecule has 4 heteroatoms. The Labute approximate surface area is 95.5 Å². The second-order valence-corrected chi connectivity index (χ2v) is 3.50. The first kappa shape index (κ1) is 11.4. The highest BCUT2D eigenvalue weighted by atomic mass is 19.2. The van der Waals surface area contributed by atoms with E-state index < -0.39 is 17.5 Å². The summed E-state index contributed by atoms with van der Waals surface area (Å²) in [6, 6.07) is 7.98. The van der Waals surface area contributed by atoms with Gasteiger partial charge in [-0.2, -0.15) is 0 Å². The predicted octanol–water partition coefficient (Wildman–Crippen LogP) is 3.58. The summed E-state index contributed by atoms with van der Waals surface area (Å²) in [5.74, 6) is -4.01. The fourth-order valence-corrected chi connectivity index (χ4v) is 1.51. The molecule has 1 nitrogen and oxygen atoms in total. The van der Waals surface area contributed by atoms with Crippen LogP contribution in [0.1, 0.15) is 10.4 Å². The topological polar surface area (TPSA) is 17.1 Å². The van der Waals surface area contributed by atoms with Crippen molar-refractivity contribution in [3.63, 3.8) is 0 Å². The molecule has 0 radical (unpaired) electrons. The zero-order valence-electron chi connectivity index (χ0n) is 8.58. The number of rotatable bonds is 2. The molecule has 2 rings (SSSR count). The van der Waals surface area contributed by atoms with E-state index in [0.717, 1.165) is 12.1 Å². The molecule has 0 unspecified atom stereocenters. The second-order valence-electron chi connectivity index (χ2n) is 3.50. The third-order valence-electron chi connectivity index (χ3n) is 2.34. The van der Waals surface area contributed by atoms with Crippen molar-refractivity contribution < 1.29 is 18.0 Å². The van der Waals surface area contributed by atoms with Crippen LogP contribution in [0.5, 0.6) is 0 Å². The van der Waals surface area contributed by atoms with Crippen LogP contribution in [0.25, 0.3) is 11.1 Å². The van der Waals surface area contributed by atoms with Crippen molar-refractivity contribution in [1.29, 1.82) is 0 Å². The maximum absolute atomic E-state index is 13.0. The summed E-state index contributed by atoms with van der Waals surface area (Å²) < 4.78 is 38.8. The number of carbonyl (C=O) groups is 1. The van der Waals surface area contributed by atoms with E-state index in [1.165, 1.54) is 6.07 Å². The van der Waals surface area contributed by atoms with Gasteiger partial charge in [0.05, 0.1) is 0 Å². The highest BCUT2D eigenvalue weighted by molar-refractivity contribution is 5.78. The highest BCUT2D eigenvalue weighted by Gasteiger charge is 2.11. The summed E-state index contributed by atoms with van der Waals surface area (Å²) in [6.45, 7) is 0. The summed E-state index contributed by atoms with van der Waals surface area (Å²) in [6.07, 6.45) is 0.625. The van der Waals surface area contributed by atoms with Gasteiger partial charge in [-0.05, 0) is 29.3 Å². The maximum atomic E-state index is 13.0. The van der Waals surface area contributed by atoms with Gasteiger partial charge in [-0.15, -0.1) is 0 Å². The number of carbonyl (C=O) groups excluding carboxylic acids is 1. The van der Waals surface area contributed by atoms with Gasteiger partial charge in [-0.25, -0.2) is 13.2 Å². The van der Waals surface area contributed by atoms with Gasteiger partial charge in [0.2, 0.25) is 0 Å². The molecule has 0 aliphatic heterocycles. The van der Waals surface area contributed by atoms with Crippen LogP contribution in [-0.4, -0.2) is 6.29 Å². The average molecular weight is 236 g/mol. The molecule has 17 heavy (non-hydrogen) atoms. The molecule has 0 amide bonds. The van der Waals surface area contributed by atoms with Crippen molar-refractivity contribution in [2.75, 3.05) is 0 Å². The lowest BCUT2D eigenvalue weighted by atomic mass is 10.0. The van der Waals surface area contributed by atoms with Crippen molar-refractivity contribution in [2.24, 2.45) is 0 Å². The third-order valence-corrected chi connectivity index (χ3v) is 2.34. The molecule has 86 valence electrons. The second kappa shape index (κ2) is 4.41. The monoisotopic (exact) mass is 236 g/mol. The summed E-state index contributed by atoms with van der Waals surface area (Å²) in [5.41, 5.74) is 1.02. The lowest BCUT2D eigenvalue weighted by Crippen LogP contribution is -1.92. The number of hydrogen-bond acceptors (Lipinski definition) is 1. The standard InChI is InChI=1S/C13H7F3O/c14-11-5-10(6-12(15)13(11)16)9-3-1-2-8(4-9)7-17/h1-7H. The van der Waals surface area contributed by atoms with E-state index in [9.17, 15) is 18.0 Å². The van der Waals surface area contributed by atoms with Crippen LogP contribution in [0.2, 0.25) is 0 Å². The molecular weight excluding hydrogens is 229 g/mol. The summed E-state index contributed by atoms with van der Waals surface area (Å²) in [4.78, 5) is 10.6. The fraction of sp³-hybridized carbons (Fsp3) is 0. The van der Waals surface area contributed by atoms with Crippen LogP contribution in [0, 0.1) is 17.5 Å². The number of hydrogen-bond donors (Lipinski definition) is 0. The molecule has 0 atom stereocenters. The molecule has 2 aromatic rings. The van der Waals surface area contributed by atoms with Gasteiger partial charge in [-0.3, -0.25) is 4.79 Å². The molecule has 0 aromatic heterocycles. The molecule has 0 N–H and O–H groups in total. The Hall–Kier alpha value is -2.10. The van der Waals surface area contributed by atoms with E-state index in [1.54, 1.807) is 18.2 Å². The maximum Gasteiger partial charge on any atom is 0.194 e. The quantitative estimate of drug-likeness (QED) is 0.575. The van der Waals surface area contributed by atoms with Gasteiger partial charge in [0.1, 0.15) is 6.29 Å². The molecule has 0 fully saturated rings. The first-order chi connectivity index (χ1) is 8.11. The minimum atomic E-state index is -1.50. The van der Waals surface area contributed by atoms with E-state index >= 15 is 0 Å². The predicted molar refractivity (Wildman–Crippen MR) is 57.1 cm³/mol. The van der Waals surface area contributed by atoms with Crippen LogP contribution in [-0.2, 0) is 0 Å². The van der Waals surface area contributed by atoms with Crippen molar-refractivity contribution in [1.82, 2.24) is 0 Å². The Morgan fingerprint density at radius 1 is 0.882 bits per heavy atom. The van der Waals surface area contributed by atoms with E-state index in [2.05, 4.69) is 0 Å². The fourth-order valence-electron chi connectivity index (χ4n) is 1.51. The molecule has 0 heterocycles. The Morgan fingerprint density at radius 3 is 2.12 bits per heavy atom. The zero-order valence-corrected chi connectivity index (χ0v) is 8.58. The van der Waals surface area contributed by atoms with E-state index in [-0.39, 0.29) is 5.56 Å². The highest BCUT2D eigenvalue weighted by Crippen LogP contribution is 2.24. The third kappa shape index (κ3) is 2.20. The molecule has 0 saturated carbocycles. The van der Waals surface area contributed by atoms with Crippen molar-refractivity contribution in [3.8, 4) is 11.1 Å². The van der Waals surface area contributed by atoms with Crippen LogP contribution in [0.15, 0.2) is 36.4 Å². The normalized spacial score (nSPS) is 10.3. The largest absolute Gasteiger partial charge is 0.298 e. The van der Waals surface area contributed by atoms with Crippen LogP contribution >= 0.6 is 0 Å².